The van der Waals surface area contributed by atoms with Gasteiger partial charge in [-0.15, -0.1) is 0 Å². The van der Waals surface area contributed by atoms with E-state index in [1.54, 1.807) is 18.2 Å². The van der Waals surface area contributed by atoms with Gasteiger partial charge in [-0.3, -0.25) is 5.32 Å². The van der Waals surface area contributed by atoms with Crippen LogP contribution in [0.25, 0.3) is 0 Å². The zero-order valence-electron chi connectivity index (χ0n) is 14.3. The third-order valence-corrected chi connectivity index (χ3v) is 4.21. The second-order valence-electron chi connectivity index (χ2n) is 6.12. The minimum absolute atomic E-state index is 0.0732. The van der Waals surface area contributed by atoms with Crippen LogP contribution in [0.2, 0.25) is 0 Å². The molecule has 26 heavy (non-hydrogen) atoms. The van der Waals surface area contributed by atoms with Crippen LogP contribution in [0.1, 0.15) is 29.9 Å². The molecule has 1 fully saturated rings. The summed E-state index contributed by atoms with van der Waals surface area (Å²) in [7, 11) is 1.38. The van der Waals surface area contributed by atoms with Crippen molar-refractivity contribution < 1.29 is 24.6 Å². The molecule has 0 heterocycles. The molecule has 4 N–H and O–H groups in total. The number of halogens is 1. The molecule has 0 aliphatic heterocycles. The van der Waals surface area contributed by atoms with E-state index in [2.05, 4.69) is 10.5 Å². The molecule has 1 aliphatic rings. The molecule has 0 aromatic heterocycles. The third-order valence-electron chi connectivity index (χ3n) is 4.21. The Morgan fingerprint density at radius 2 is 2.19 bits per heavy atom. The van der Waals surface area contributed by atoms with E-state index in [1.807, 2.05) is 0 Å². The van der Waals surface area contributed by atoms with E-state index in [-0.39, 0.29) is 23.6 Å². The lowest BCUT2D eigenvalue weighted by atomic mass is 10.1. The Labute approximate surface area is 149 Å². The molecule has 2 aromatic rings. The minimum atomic E-state index is -0.595. The molecular formula is C18H20FN4O3+. The van der Waals surface area contributed by atoms with E-state index in [1.165, 1.54) is 25.2 Å². The maximum Gasteiger partial charge on any atom is 0.433 e. The highest BCUT2D eigenvalue weighted by atomic mass is 19.1. The van der Waals surface area contributed by atoms with Crippen LogP contribution in [0.4, 0.5) is 14.9 Å². The fourth-order valence-corrected chi connectivity index (χ4v) is 2.60. The number of phenolic OH excluding ortho intramolecular Hbond substituents is 1. The van der Waals surface area contributed by atoms with Crippen molar-refractivity contribution in [3.05, 3.63) is 53.3 Å². The molecule has 0 bridgehead atoms. The molecule has 0 spiro atoms. The summed E-state index contributed by atoms with van der Waals surface area (Å²) in [5.74, 6) is 0.630. The van der Waals surface area contributed by atoms with Crippen molar-refractivity contribution in [2.45, 2.75) is 25.4 Å². The van der Waals surface area contributed by atoms with Crippen molar-refractivity contribution in [3.63, 3.8) is 0 Å². The first kappa shape index (κ1) is 17.7. The van der Waals surface area contributed by atoms with Crippen LogP contribution in [0.3, 0.4) is 0 Å². The zero-order valence-corrected chi connectivity index (χ0v) is 14.3. The lowest BCUT2D eigenvalue weighted by Crippen LogP contribution is -2.37. The Bertz CT molecular complexity index is 839. The summed E-state index contributed by atoms with van der Waals surface area (Å²) < 4.78 is 20.1. The van der Waals surface area contributed by atoms with Gasteiger partial charge >= 0.3 is 6.03 Å². The van der Waals surface area contributed by atoms with Gasteiger partial charge in [0.25, 0.3) is 0 Å². The number of urea groups is 1. The molecule has 136 valence electrons. The van der Waals surface area contributed by atoms with Gasteiger partial charge in [0, 0.05) is 11.1 Å². The van der Waals surface area contributed by atoms with Crippen LogP contribution in [0.15, 0.2) is 41.6 Å². The normalized spacial score (nSPS) is 13.2. The number of hydrogen-bond donors (Lipinski definition) is 3. The SMILES string of the molecule is CN(N=[NH2+])C(=O)Nc1cccc(F)c1COc1ccc(O)cc1C1CC1. The number of ether oxygens (including phenoxy) is 1. The second-order valence-corrected chi connectivity index (χ2v) is 6.12. The molecular weight excluding hydrogens is 339 g/mol. The standard InChI is InChI=1S/C18H19FN4O3/c1-23(22-20)18(25)21-16-4-2-3-15(19)14(16)10-26-17-8-7-12(24)9-13(17)11-5-6-11/h2-4,7-9,11,20,24H,5-6,10H2,1H3,(H,21,25)/p+1. The maximum absolute atomic E-state index is 14.3. The van der Waals surface area contributed by atoms with Gasteiger partial charge in [0.05, 0.1) is 10.9 Å². The van der Waals surface area contributed by atoms with Gasteiger partial charge in [0.1, 0.15) is 31.0 Å². The summed E-state index contributed by atoms with van der Waals surface area (Å²) in [5.41, 5.74) is 6.46. The van der Waals surface area contributed by atoms with Gasteiger partial charge in [-0.25, -0.2) is 9.18 Å². The second kappa shape index (κ2) is 7.38. The summed E-state index contributed by atoms with van der Waals surface area (Å²) in [5, 5.41) is 16.4. The first-order valence-corrected chi connectivity index (χ1v) is 8.18. The van der Waals surface area contributed by atoms with Gasteiger partial charge in [0.15, 0.2) is 0 Å². The fraction of sp³-hybridized carbons (Fsp3) is 0.278. The number of nitrogens with zero attached hydrogens (tertiary/aromatic N) is 2. The minimum Gasteiger partial charge on any atom is -0.508 e. The molecule has 0 saturated heterocycles. The highest BCUT2D eigenvalue weighted by Crippen LogP contribution is 2.45. The first-order valence-electron chi connectivity index (χ1n) is 8.18. The molecule has 2 aromatic carbocycles. The number of nitrogens with two attached hydrogens (primary N) is 1. The Morgan fingerprint density at radius 1 is 1.42 bits per heavy atom. The van der Waals surface area contributed by atoms with Crippen LogP contribution in [-0.2, 0) is 6.61 Å². The number of phenols is 1. The Balaban J connectivity index is 1.80. The van der Waals surface area contributed by atoms with Gasteiger partial charge < -0.3 is 9.84 Å². The van der Waals surface area contributed by atoms with Gasteiger partial charge in [-0.2, -0.15) is 5.53 Å². The predicted molar refractivity (Wildman–Crippen MR) is 91.9 cm³/mol. The monoisotopic (exact) mass is 359 g/mol. The molecule has 3 rings (SSSR count). The largest absolute Gasteiger partial charge is 0.508 e. The van der Waals surface area contributed by atoms with Crippen molar-refractivity contribution >= 4 is 11.7 Å². The van der Waals surface area contributed by atoms with Crippen molar-refractivity contribution in [2.75, 3.05) is 12.4 Å². The lowest BCUT2D eigenvalue weighted by molar-refractivity contribution is -0.248. The number of aromatic hydroxyl groups is 1. The van der Waals surface area contributed by atoms with Crippen LogP contribution >= 0.6 is 0 Å². The van der Waals surface area contributed by atoms with E-state index in [0.29, 0.717) is 11.7 Å². The highest BCUT2D eigenvalue weighted by Gasteiger charge is 2.27. The number of amides is 2. The Morgan fingerprint density at radius 3 is 2.88 bits per heavy atom. The van der Waals surface area contributed by atoms with Crippen LogP contribution in [0, 0.1) is 5.82 Å². The van der Waals surface area contributed by atoms with Crippen molar-refractivity contribution in [2.24, 2.45) is 5.22 Å². The number of carbonyl (C=O) groups is 1. The number of benzene rings is 2. The summed E-state index contributed by atoms with van der Waals surface area (Å²) in [4.78, 5) is 11.9. The maximum atomic E-state index is 14.3. The molecule has 0 radical (unpaired) electrons. The fourth-order valence-electron chi connectivity index (χ4n) is 2.60. The van der Waals surface area contributed by atoms with Crippen molar-refractivity contribution in [1.29, 1.82) is 0 Å². The average Bonchev–Trinajstić information content (AvgIpc) is 3.46. The molecule has 7 nitrogen and oxygen atoms in total. The lowest BCUT2D eigenvalue weighted by Gasteiger charge is -2.15. The van der Waals surface area contributed by atoms with Gasteiger partial charge in [0.2, 0.25) is 0 Å². The van der Waals surface area contributed by atoms with Gasteiger partial charge in [-0.1, -0.05) is 11.1 Å². The summed E-state index contributed by atoms with van der Waals surface area (Å²) >= 11 is 0. The Kier molecular flexibility index (Phi) is 5.01. The van der Waals surface area contributed by atoms with E-state index in [0.717, 1.165) is 23.4 Å². The number of anilines is 1. The van der Waals surface area contributed by atoms with Crippen LogP contribution in [0.5, 0.6) is 11.5 Å². The van der Waals surface area contributed by atoms with Crippen molar-refractivity contribution in [1.82, 2.24) is 5.01 Å². The van der Waals surface area contributed by atoms with Gasteiger partial charge in [-0.05, 0) is 49.1 Å². The van der Waals surface area contributed by atoms with Crippen LogP contribution in [-0.4, -0.2) is 23.2 Å². The molecule has 1 aliphatic carbocycles. The number of hydrogen-bond acceptors (Lipinski definition) is 4. The molecule has 8 heteroatoms. The molecule has 0 unspecified atom stereocenters. The predicted octanol–water partition coefficient (Wildman–Crippen LogP) is 2.58. The zero-order chi connectivity index (χ0) is 18.7. The van der Waals surface area contributed by atoms with E-state index in [9.17, 15) is 14.3 Å². The number of carbonyl (C=O) groups excluding carboxylic acids is 1. The smallest absolute Gasteiger partial charge is 0.433 e. The van der Waals surface area contributed by atoms with E-state index in [4.69, 9.17) is 10.3 Å². The molecule has 1 saturated carbocycles. The quantitative estimate of drug-likeness (QED) is 0.546. The van der Waals surface area contributed by atoms with Crippen LogP contribution < -0.4 is 15.6 Å². The summed E-state index contributed by atoms with van der Waals surface area (Å²) in [6.45, 7) is -0.0732. The Hall–Kier alpha value is -3.16. The number of rotatable bonds is 6. The summed E-state index contributed by atoms with van der Waals surface area (Å²) in [6.07, 6.45) is 2.07. The van der Waals surface area contributed by atoms with E-state index < -0.39 is 11.8 Å². The van der Waals surface area contributed by atoms with E-state index >= 15 is 0 Å². The molecule has 2 amide bonds. The average molecular weight is 359 g/mol. The first-order chi connectivity index (χ1) is 12.5. The summed E-state index contributed by atoms with van der Waals surface area (Å²) in [6, 6.07) is 8.64. The highest BCUT2D eigenvalue weighted by molar-refractivity contribution is 5.89. The topological polar surface area (TPSA) is 99.8 Å². The van der Waals surface area contributed by atoms with Crippen molar-refractivity contribution in [3.8, 4) is 11.5 Å². The molecule has 0 atom stereocenters. The third kappa shape index (κ3) is 3.90. The number of nitrogens with one attached hydrogen (secondary N) is 1.